The Hall–Kier alpha value is -1.25. The molecule has 0 saturated carbocycles. The summed E-state index contributed by atoms with van der Waals surface area (Å²) in [5, 5.41) is 0. The summed E-state index contributed by atoms with van der Waals surface area (Å²) in [5.74, 6) is 0. The summed E-state index contributed by atoms with van der Waals surface area (Å²) in [5.41, 5.74) is 9.76. The van der Waals surface area contributed by atoms with Crippen molar-refractivity contribution in [3.63, 3.8) is 0 Å². The lowest BCUT2D eigenvalue weighted by Gasteiger charge is -2.37. The maximum Gasteiger partial charge on any atom is 0.327 e. The van der Waals surface area contributed by atoms with E-state index in [2.05, 4.69) is 121 Å². The minimum absolute atomic E-state index is 0.0163. The smallest absolute Gasteiger partial charge is 0.327 e. The highest BCUT2D eigenvalue weighted by atomic mass is 31.2. The van der Waals surface area contributed by atoms with E-state index in [1.54, 1.807) is 0 Å². The fourth-order valence-electron chi connectivity index (χ4n) is 7.46. The molecule has 2 N–H and O–H groups in total. The fourth-order valence-corrected chi connectivity index (χ4v) is 7.86. The highest BCUT2D eigenvalue weighted by Gasteiger charge is 2.36. The average Bonchev–Trinajstić information content (AvgIpc) is 3.00. The van der Waals surface area contributed by atoms with E-state index < -0.39 is 14.7 Å². The molecule has 0 spiro atoms. The van der Waals surface area contributed by atoms with Crippen molar-refractivity contribution < 1.29 is 14.3 Å². The summed E-state index contributed by atoms with van der Waals surface area (Å²) < 4.78 is 6.55. The molecule has 2 rings (SSSR count). The van der Waals surface area contributed by atoms with Crippen LogP contribution in [0.25, 0.3) is 0 Å². The highest BCUT2D eigenvalue weighted by molar-refractivity contribution is 7.39. The molecule has 0 aromatic heterocycles. The van der Waals surface area contributed by atoms with Crippen molar-refractivity contribution in [1.82, 2.24) is 0 Å². The molecule has 0 aliphatic carbocycles. The zero-order valence-corrected chi connectivity index (χ0v) is 36.8. The first-order valence-corrected chi connectivity index (χ1v) is 22.0. The predicted octanol–water partition coefficient (Wildman–Crippen LogP) is 14.8. The first-order valence-electron chi connectivity index (χ1n) is 20.8. The second kappa shape index (κ2) is 20.4. The van der Waals surface area contributed by atoms with E-state index in [0.717, 1.165) is 36.8 Å². The van der Waals surface area contributed by atoms with Crippen LogP contribution in [0.2, 0.25) is 0 Å². The molecule has 0 amide bonds. The number of hydrogen-bond acceptors (Lipinski definition) is 3. The van der Waals surface area contributed by atoms with Crippen LogP contribution in [0.4, 0.5) is 0 Å². The normalized spacial score (nSPS) is 13.2. The standard InChI is InChI=1S/C47H81O3P/c1-15-17-19-21-23-25-27-29-35-31-37(44(3,4)5)33-39(46(9,10)11)41(35)43(50-51(48)49)42-36(30-28-26-24-22-20-18-16-2)32-38(45(6,7)8)34-40(42)47(12,13)14/h31-34,43,48-49H,15-30H2,1-14H3. The van der Waals surface area contributed by atoms with Gasteiger partial charge in [-0.3, -0.25) is 4.52 Å². The van der Waals surface area contributed by atoms with Gasteiger partial charge in [0.25, 0.3) is 0 Å². The molecule has 2 aromatic rings. The van der Waals surface area contributed by atoms with E-state index in [1.165, 1.54) is 110 Å². The zero-order chi connectivity index (χ0) is 38.6. The van der Waals surface area contributed by atoms with E-state index in [0.29, 0.717) is 0 Å². The van der Waals surface area contributed by atoms with Crippen LogP contribution in [-0.4, -0.2) is 9.79 Å². The van der Waals surface area contributed by atoms with E-state index in [9.17, 15) is 9.79 Å². The van der Waals surface area contributed by atoms with E-state index in [1.807, 2.05) is 0 Å². The van der Waals surface area contributed by atoms with Gasteiger partial charge in [0.1, 0.15) is 6.10 Å². The monoisotopic (exact) mass is 725 g/mol. The van der Waals surface area contributed by atoms with Crippen molar-refractivity contribution in [1.29, 1.82) is 0 Å². The SMILES string of the molecule is CCCCCCCCCc1cc(C(C)(C)C)cc(C(C)(C)C)c1C(OP(O)O)c1c(CCCCCCCCC)cc(C(C)(C)C)cc1C(C)(C)C. The van der Waals surface area contributed by atoms with Crippen molar-refractivity contribution in [3.05, 3.63) is 68.8 Å². The molecule has 3 nitrogen and oxygen atoms in total. The summed E-state index contributed by atoms with van der Waals surface area (Å²) in [7, 11) is -2.62. The maximum absolute atomic E-state index is 10.8. The lowest BCUT2D eigenvalue weighted by Crippen LogP contribution is -2.26. The molecule has 0 aliphatic rings. The van der Waals surface area contributed by atoms with Crippen LogP contribution in [0.1, 0.15) is 237 Å². The number of unbranched alkanes of at least 4 members (excludes halogenated alkanes) is 12. The Balaban J connectivity index is 2.93. The zero-order valence-electron chi connectivity index (χ0n) is 36.0. The van der Waals surface area contributed by atoms with E-state index in [4.69, 9.17) is 4.52 Å². The summed E-state index contributed by atoms with van der Waals surface area (Å²) in [6, 6.07) is 9.69. The lowest BCUT2D eigenvalue weighted by molar-refractivity contribution is 0.198. The topological polar surface area (TPSA) is 49.7 Å². The van der Waals surface area contributed by atoms with E-state index >= 15 is 0 Å². The molecule has 51 heavy (non-hydrogen) atoms. The largest absolute Gasteiger partial charge is 0.328 e. The Kier molecular flexibility index (Phi) is 18.4. The highest BCUT2D eigenvalue weighted by Crippen LogP contribution is 2.49. The first-order chi connectivity index (χ1) is 23.6. The molecule has 0 radical (unpaired) electrons. The number of hydrogen-bond donors (Lipinski definition) is 2. The second-order valence-electron chi connectivity index (χ2n) is 19.7. The van der Waals surface area contributed by atoms with Crippen molar-refractivity contribution in [3.8, 4) is 0 Å². The molecule has 0 heterocycles. The van der Waals surface area contributed by atoms with Crippen LogP contribution in [-0.2, 0) is 39.0 Å². The summed E-state index contributed by atoms with van der Waals surface area (Å²) in [6.07, 6.45) is 19.0. The Morgan fingerprint density at radius 1 is 0.471 bits per heavy atom. The molecule has 0 unspecified atom stereocenters. The molecule has 0 atom stereocenters. The molecule has 2 aromatic carbocycles. The van der Waals surface area contributed by atoms with Gasteiger partial charge in [-0.25, -0.2) is 0 Å². The third-order valence-electron chi connectivity index (χ3n) is 10.7. The van der Waals surface area contributed by atoms with Crippen LogP contribution in [0.15, 0.2) is 24.3 Å². The minimum atomic E-state index is -2.62. The second-order valence-corrected chi connectivity index (χ2v) is 20.4. The Morgan fingerprint density at radius 3 is 1.06 bits per heavy atom. The van der Waals surface area contributed by atoms with Crippen LogP contribution in [0, 0.1) is 0 Å². The van der Waals surface area contributed by atoms with Gasteiger partial charge in [-0.15, -0.1) is 0 Å². The lowest BCUT2D eigenvalue weighted by atomic mass is 9.71. The van der Waals surface area contributed by atoms with Crippen LogP contribution < -0.4 is 0 Å². The van der Waals surface area contributed by atoms with Crippen molar-refractivity contribution in [2.45, 2.75) is 227 Å². The van der Waals surface area contributed by atoms with Gasteiger partial charge in [0.2, 0.25) is 0 Å². The third kappa shape index (κ3) is 14.8. The molecular weight excluding hydrogens is 643 g/mol. The van der Waals surface area contributed by atoms with Gasteiger partial charge >= 0.3 is 8.60 Å². The summed E-state index contributed by atoms with van der Waals surface area (Å²) in [4.78, 5) is 21.6. The van der Waals surface area contributed by atoms with Gasteiger partial charge in [0.05, 0.1) is 0 Å². The van der Waals surface area contributed by atoms with Crippen molar-refractivity contribution in [2.75, 3.05) is 0 Å². The average molecular weight is 725 g/mol. The van der Waals surface area contributed by atoms with Crippen molar-refractivity contribution >= 4 is 8.60 Å². The summed E-state index contributed by atoms with van der Waals surface area (Å²) >= 11 is 0. The van der Waals surface area contributed by atoms with Gasteiger partial charge in [-0.1, -0.05) is 198 Å². The predicted molar refractivity (Wildman–Crippen MR) is 225 cm³/mol. The number of benzene rings is 2. The third-order valence-corrected chi connectivity index (χ3v) is 11.1. The first kappa shape index (κ1) is 45.9. The van der Waals surface area contributed by atoms with Gasteiger partial charge in [0.15, 0.2) is 0 Å². The Bertz CT molecular complexity index is 1220. The van der Waals surface area contributed by atoms with Gasteiger partial charge in [-0.2, -0.15) is 0 Å². The van der Waals surface area contributed by atoms with Gasteiger partial charge < -0.3 is 9.79 Å². The quantitative estimate of drug-likeness (QED) is 0.106. The summed E-state index contributed by atoms with van der Waals surface area (Å²) in [6.45, 7) is 32.3. The van der Waals surface area contributed by atoms with Crippen LogP contribution in [0.3, 0.4) is 0 Å². The Morgan fingerprint density at radius 2 is 0.784 bits per heavy atom. The molecule has 292 valence electrons. The van der Waals surface area contributed by atoms with Crippen LogP contribution in [0.5, 0.6) is 0 Å². The van der Waals surface area contributed by atoms with Gasteiger partial charge in [-0.05, 0) is 91.9 Å². The molecular formula is C47H81O3P. The molecule has 0 aliphatic heterocycles. The number of rotatable bonds is 20. The van der Waals surface area contributed by atoms with Gasteiger partial charge in [0, 0.05) is 0 Å². The molecule has 0 fully saturated rings. The molecule has 4 heteroatoms. The molecule has 0 bridgehead atoms. The van der Waals surface area contributed by atoms with E-state index in [-0.39, 0.29) is 21.7 Å². The molecule has 0 saturated heterocycles. The number of aryl methyl sites for hydroxylation is 2. The minimum Gasteiger partial charge on any atom is -0.328 e. The Labute approximate surface area is 318 Å². The van der Waals surface area contributed by atoms with Crippen molar-refractivity contribution in [2.24, 2.45) is 0 Å². The maximum atomic E-state index is 10.8. The fraction of sp³-hybridized carbons (Fsp3) is 0.745. The van der Waals surface area contributed by atoms with Crippen LogP contribution >= 0.6 is 8.60 Å².